The highest BCUT2D eigenvalue weighted by molar-refractivity contribution is 5.77. The Hall–Kier alpha value is -0.650. The van der Waals surface area contributed by atoms with Crippen LogP contribution in [0.4, 0.5) is 0 Å². The van der Waals surface area contributed by atoms with Gasteiger partial charge in [-0.1, -0.05) is 0 Å². The fourth-order valence-corrected chi connectivity index (χ4v) is 4.55. The Morgan fingerprint density at radius 2 is 2.00 bits per heavy atom. The van der Waals surface area contributed by atoms with Crippen molar-refractivity contribution < 1.29 is 9.90 Å². The molecule has 0 unspecified atom stereocenters. The van der Waals surface area contributed by atoms with E-state index in [2.05, 4.69) is 15.1 Å². The van der Waals surface area contributed by atoms with Crippen molar-refractivity contribution >= 4 is 5.91 Å². The van der Waals surface area contributed by atoms with Gasteiger partial charge in [0.05, 0.1) is 0 Å². The van der Waals surface area contributed by atoms with E-state index < -0.39 is 0 Å². The van der Waals surface area contributed by atoms with Gasteiger partial charge in [0.2, 0.25) is 5.91 Å². The van der Waals surface area contributed by atoms with Crippen molar-refractivity contribution in [1.82, 2.24) is 15.1 Å². The van der Waals surface area contributed by atoms with Gasteiger partial charge in [-0.15, -0.1) is 0 Å². The van der Waals surface area contributed by atoms with Gasteiger partial charge in [-0.2, -0.15) is 0 Å². The van der Waals surface area contributed by atoms with Crippen molar-refractivity contribution in [2.45, 2.75) is 44.6 Å². The van der Waals surface area contributed by atoms with Crippen LogP contribution in [-0.2, 0) is 4.79 Å². The maximum absolute atomic E-state index is 12.2. The number of fused-ring (bicyclic) bond motifs is 1. The lowest BCUT2D eigenvalue weighted by atomic mass is 9.82. The standard InChI is InChI=1S/C17H31N3O2/c21-11-1-9-20-16-6-10-19(12-14-4-7-18-8-5-14)13-15(16)2-3-17(20)22/h14-16,18,21H,1-13H2/t15-,16+/m0/s1. The van der Waals surface area contributed by atoms with Crippen LogP contribution in [0.2, 0.25) is 0 Å². The van der Waals surface area contributed by atoms with Crippen LogP contribution in [0.5, 0.6) is 0 Å². The van der Waals surface area contributed by atoms with Crippen LogP contribution in [0.15, 0.2) is 0 Å². The zero-order valence-electron chi connectivity index (χ0n) is 13.7. The smallest absolute Gasteiger partial charge is 0.222 e. The van der Waals surface area contributed by atoms with Crippen molar-refractivity contribution in [2.75, 3.05) is 45.9 Å². The van der Waals surface area contributed by atoms with E-state index in [-0.39, 0.29) is 6.61 Å². The van der Waals surface area contributed by atoms with E-state index in [1.54, 1.807) is 0 Å². The highest BCUT2D eigenvalue weighted by Crippen LogP contribution is 2.32. The fourth-order valence-electron chi connectivity index (χ4n) is 4.55. The molecule has 0 spiro atoms. The molecule has 5 heteroatoms. The van der Waals surface area contributed by atoms with Crippen LogP contribution in [0.1, 0.15) is 38.5 Å². The van der Waals surface area contributed by atoms with Gasteiger partial charge in [-0.05, 0) is 57.0 Å². The summed E-state index contributed by atoms with van der Waals surface area (Å²) >= 11 is 0. The molecule has 0 aromatic rings. The first-order valence-corrected chi connectivity index (χ1v) is 9.11. The number of likely N-dealkylation sites (tertiary alicyclic amines) is 2. The lowest BCUT2D eigenvalue weighted by Crippen LogP contribution is -2.56. The van der Waals surface area contributed by atoms with E-state index >= 15 is 0 Å². The van der Waals surface area contributed by atoms with Crippen LogP contribution in [0.25, 0.3) is 0 Å². The Labute approximate surface area is 134 Å². The number of carbonyl (C=O) groups excluding carboxylic acids is 1. The molecule has 1 amide bonds. The molecule has 0 aliphatic carbocycles. The van der Waals surface area contributed by atoms with E-state index in [1.807, 2.05) is 0 Å². The first kappa shape index (κ1) is 16.2. The summed E-state index contributed by atoms with van der Waals surface area (Å²) in [5.74, 6) is 1.81. The average molecular weight is 309 g/mol. The monoisotopic (exact) mass is 309 g/mol. The number of nitrogens with one attached hydrogen (secondary N) is 1. The van der Waals surface area contributed by atoms with Crippen LogP contribution in [-0.4, -0.2) is 72.7 Å². The van der Waals surface area contributed by atoms with E-state index in [0.717, 1.165) is 38.4 Å². The van der Waals surface area contributed by atoms with Crippen molar-refractivity contribution in [3.63, 3.8) is 0 Å². The third kappa shape index (κ3) is 3.81. The topological polar surface area (TPSA) is 55.8 Å². The second kappa shape index (κ2) is 7.75. The SMILES string of the molecule is O=C1CC[C@H]2CN(CC3CCNCC3)CC[C@H]2N1CCCO. The normalized spacial score (nSPS) is 31.3. The lowest BCUT2D eigenvalue weighted by molar-refractivity contribution is -0.141. The summed E-state index contributed by atoms with van der Waals surface area (Å²) in [5.41, 5.74) is 0. The Morgan fingerprint density at radius 1 is 1.18 bits per heavy atom. The maximum Gasteiger partial charge on any atom is 0.222 e. The molecule has 0 saturated carbocycles. The molecule has 0 bridgehead atoms. The molecular formula is C17H31N3O2. The molecule has 3 aliphatic heterocycles. The number of hydrogen-bond acceptors (Lipinski definition) is 4. The summed E-state index contributed by atoms with van der Waals surface area (Å²) in [6.07, 6.45) is 6.22. The number of aliphatic hydroxyl groups excluding tert-OH is 1. The summed E-state index contributed by atoms with van der Waals surface area (Å²) in [4.78, 5) is 16.9. The number of amides is 1. The zero-order valence-corrected chi connectivity index (χ0v) is 13.7. The zero-order chi connectivity index (χ0) is 15.4. The van der Waals surface area contributed by atoms with Crippen molar-refractivity contribution in [2.24, 2.45) is 11.8 Å². The Kier molecular flexibility index (Phi) is 5.71. The molecule has 0 radical (unpaired) electrons. The number of rotatable bonds is 5. The van der Waals surface area contributed by atoms with Gasteiger partial charge in [-0.3, -0.25) is 4.79 Å². The van der Waals surface area contributed by atoms with E-state index in [9.17, 15) is 4.79 Å². The highest BCUT2D eigenvalue weighted by Gasteiger charge is 2.39. The Morgan fingerprint density at radius 3 is 2.77 bits per heavy atom. The van der Waals surface area contributed by atoms with E-state index in [4.69, 9.17) is 5.11 Å². The number of hydrogen-bond donors (Lipinski definition) is 2. The minimum atomic E-state index is 0.184. The highest BCUT2D eigenvalue weighted by atomic mass is 16.3. The van der Waals surface area contributed by atoms with E-state index in [1.165, 1.54) is 32.5 Å². The number of nitrogens with zero attached hydrogens (tertiary/aromatic N) is 2. The maximum atomic E-state index is 12.2. The molecule has 2 atom stereocenters. The van der Waals surface area contributed by atoms with Crippen molar-refractivity contribution in [3.05, 3.63) is 0 Å². The van der Waals surface area contributed by atoms with Gasteiger partial charge in [0.1, 0.15) is 0 Å². The molecule has 3 aliphatic rings. The minimum absolute atomic E-state index is 0.184. The van der Waals surface area contributed by atoms with Gasteiger partial charge in [-0.25, -0.2) is 0 Å². The van der Waals surface area contributed by atoms with Crippen LogP contribution in [0, 0.1) is 11.8 Å². The fraction of sp³-hybridized carbons (Fsp3) is 0.941. The quantitative estimate of drug-likeness (QED) is 0.784. The Bertz CT molecular complexity index is 371. The molecule has 3 heterocycles. The van der Waals surface area contributed by atoms with Gasteiger partial charge in [0.15, 0.2) is 0 Å². The first-order chi connectivity index (χ1) is 10.8. The lowest BCUT2D eigenvalue weighted by Gasteiger charge is -2.48. The van der Waals surface area contributed by atoms with Gasteiger partial charge < -0.3 is 20.2 Å². The number of aliphatic hydroxyl groups is 1. The number of piperidine rings is 3. The summed E-state index contributed by atoms with van der Waals surface area (Å²) < 4.78 is 0. The van der Waals surface area contributed by atoms with E-state index in [0.29, 0.717) is 30.7 Å². The van der Waals surface area contributed by atoms with Gasteiger partial charge >= 0.3 is 0 Å². The van der Waals surface area contributed by atoms with Crippen molar-refractivity contribution in [3.8, 4) is 0 Å². The second-order valence-corrected chi connectivity index (χ2v) is 7.27. The summed E-state index contributed by atoms with van der Waals surface area (Å²) in [5, 5.41) is 12.5. The summed E-state index contributed by atoms with van der Waals surface area (Å²) in [7, 11) is 0. The third-order valence-corrected chi connectivity index (χ3v) is 5.76. The first-order valence-electron chi connectivity index (χ1n) is 9.11. The molecule has 22 heavy (non-hydrogen) atoms. The minimum Gasteiger partial charge on any atom is -0.396 e. The van der Waals surface area contributed by atoms with Crippen LogP contribution < -0.4 is 5.32 Å². The molecule has 0 aromatic heterocycles. The molecule has 3 rings (SSSR count). The third-order valence-electron chi connectivity index (χ3n) is 5.76. The van der Waals surface area contributed by atoms with Gasteiger partial charge in [0.25, 0.3) is 0 Å². The Balaban J connectivity index is 1.53. The molecule has 126 valence electrons. The predicted octanol–water partition coefficient (Wildman–Crippen LogP) is 0.681. The molecule has 3 saturated heterocycles. The van der Waals surface area contributed by atoms with Gasteiger partial charge in [0, 0.05) is 45.2 Å². The molecule has 0 aromatic carbocycles. The number of carbonyl (C=O) groups is 1. The summed E-state index contributed by atoms with van der Waals surface area (Å²) in [6, 6.07) is 0.428. The molecule has 3 fully saturated rings. The predicted molar refractivity (Wildman–Crippen MR) is 86.6 cm³/mol. The average Bonchev–Trinajstić information content (AvgIpc) is 2.55. The largest absolute Gasteiger partial charge is 0.396 e. The second-order valence-electron chi connectivity index (χ2n) is 7.27. The van der Waals surface area contributed by atoms with Crippen molar-refractivity contribution in [1.29, 1.82) is 0 Å². The summed E-state index contributed by atoms with van der Waals surface area (Å²) in [6.45, 7) is 6.82. The molecule has 5 nitrogen and oxygen atoms in total. The van der Waals surface area contributed by atoms with Crippen LogP contribution >= 0.6 is 0 Å². The molecular weight excluding hydrogens is 278 g/mol. The van der Waals surface area contributed by atoms with Crippen LogP contribution in [0.3, 0.4) is 0 Å². The molecule has 2 N–H and O–H groups in total.